The van der Waals surface area contributed by atoms with Crippen molar-refractivity contribution in [1.82, 2.24) is 0 Å². The molecule has 10 heteroatoms. The zero-order valence-corrected chi connectivity index (χ0v) is 18.3. The Hall–Kier alpha value is -3.79. The molecular formula is C23H17F2NO6S. The number of nitrogens with zero attached hydrogens (tertiary/aromatic N) is 1. The average molecular weight is 473 g/mol. The molecule has 0 aliphatic carbocycles. The number of carbonyl (C=O) groups is 3. The topological polar surface area (TPSA) is 93.1 Å². The number of rotatable bonds is 6. The van der Waals surface area contributed by atoms with E-state index in [0.717, 1.165) is 23.5 Å². The van der Waals surface area contributed by atoms with Crippen molar-refractivity contribution in [2.45, 2.75) is 20.0 Å². The van der Waals surface area contributed by atoms with Gasteiger partial charge in [0.15, 0.2) is 0 Å². The number of halogens is 2. The van der Waals surface area contributed by atoms with E-state index >= 15 is 0 Å². The standard InChI is InChI=1S/C23H17F2NO6S/c1-11-3-6-17(31-2)14(20(11)25)9-32-13-4-5-15(24)16(8-13)26-18(27)7-12-10-33-21(23(29)30)19(12)22(26)28/h3-6,8,10H,7,9H2,1-2H3,(H,29,30). The molecule has 1 N–H and O–H groups in total. The van der Waals surface area contributed by atoms with E-state index in [1.807, 2.05) is 0 Å². The van der Waals surface area contributed by atoms with Gasteiger partial charge in [0.05, 0.1) is 30.3 Å². The molecule has 0 bridgehead atoms. The molecule has 0 saturated carbocycles. The van der Waals surface area contributed by atoms with E-state index < -0.39 is 29.4 Å². The molecular weight excluding hydrogens is 456 g/mol. The number of thiophene rings is 1. The summed E-state index contributed by atoms with van der Waals surface area (Å²) in [5.41, 5.74) is 0.317. The summed E-state index contributed by atoms with van der Waals surface area (Å²) in [5.74, 6) is -3.98. The molecule has 170 valence electrons. The predicted octanol–water partition coefficient (Wildman–Crippen LogP) is 4.35. The van der Waals surface area contributed by atoms with Gasteiger partial charge in [0.2, 0.25) is 5.91 Å². The van der Waals surface area contributed by atoms with E-state index in [1.54, 1.807) is 19.1 Å². The highest BCUT2D eigenvalue weighted by molar-refractivity contribution is 7.12. The molecule has 33 heavy (non-hydrogen) atoms. The number of carbonyl (C=O) groups excluding carboxylic acids is 2. The van der Waals surface area contributed by atoms with Crippen LogP contribution >= 0.6 is 11.3 Å². The molecule has 1 aliphatic heterocycles. The minimum Gasteiger partial charge on any atom is -0.496 e. The van der Waals surface area contributed by atoms with Crippen molar-refractivity contribution in [3.05, 3.63) is 74.5 Å². The largest absolute Gasteiger partial charge is 0.496 e. The summed E-state index contributed by atoms with van der Waals surface area (Å²) < 4.78 is 40.0. The van der Waals surface area contributed by atoms with Gasteiger partial charge in [-0.2, -0.15) is 0 Å². The first kappa shape index (κ1) is 22.4. The van der Waals surface area contributed by atoms with Crippen molar-refractivity contribution < 1.29 is 37.7 Å². The van der Waals surface area contributed by atoms with Crippen molar-refractivity contribution in [1.29, 1.82) is 0 Å². The molecule has 0 fully saturated rings. The third-order valence-corrected chi connectivity index (χ3v) is 6.24. The Balaban J connectivity index is 1.67. The van der Waals surface area contributed by atoms with Crippen LogP contribution in [0.4, 0.5) is 14.5 Å². The van der Waals surface area contributed by atoms with Gasteiger partial charge in [-0.25, -0.2) is 18.5 Å². The first-order valence-electron chi connectivity index (χ1n) is 9.68. The molecule has 2 heterocycles. The van der Waals surface area contributed by atoms with Gasteiger partial charge in [0, 0.05) is 6.07 Å². The van der Waals surface area contributed by atoms with Crippen LogP contribution in [0, 0.1) is 18.6 Å². The lowest BCUT2D eigenvalue weighted by Crippen LogP contribution is -2.43. The number of ether oxygens (including phenoxy) is 2. The summed E-state index contributed by atoms with van der Waals surface area (Å²) in [6, 6.07) is 6.58. The van der Waals surface area contributed by atoms with E-state index in [4.69, 9.17) is 9.47 Å². The second kappa shape index (κ2) is 8.62. The summed E-state index contributed by atoms with van der Waals surface area (Å²) in [7, 11) is 1.39. The summed E-state index contributed by atoms with van der Waals surface area (Å²) in [5, 5.41) is 10.8. The number of anilines is 1. The predicted molar refractivity (Wildman–Crippen MR) is 115 cm³/mol. The molecule has 4 rings (SSSR count). The van der Waals surface area contributed by atoms with Crippen LogP contribution in [0.3, 0.4) is 0 Å². The maximum atomic E-state index is 14.7. The SMILES string of the molecule is COc1ccc(C)c(F)c1COc1ccc(F)c(N2C(=O)Cc3csc(C(=O)O)c3C2=O)c1. The lowest BCUT2D eigenvalue weighted by atomic mass is 10.0. The molecule has 7 nitrogen and oxygen atoms in total. The number of hydrogen-bond donors (Lipinski definition) is 1. The van der Waals surface area contributed by atoms with Gasteiger partial charge in [-0.1, -0.05) is 6.07 Å². The van der Waals surface area contributed by atoms with Gasteiger partial charge in [0.25, 0.3) is 5.91 Å². The minimum absolute atomic E-state index is 0.0736. The van der Waals surface area contributed by atoms with Gasteiger partial charge in [-0.05, 0) is 41.6 Å². The number of carboxylic acid groups (broad SMARTS) is 1. The Bertz CT molecular complexity index is 1300. The lowest BCUT2D eigenvalue weighted by Gasteiger charge is -2.26. The number of aromatic carboxylic acids is 1. The average Bonchev–Trinajstić information content (AvgIpc) is 3.21. The second-order valence-corrected chi connectivity index (χ2v) is 8.14. The monoisotopic (exact) mass is 473 g/mol. The molecule has 0 spiro atoms. The third kappa shape index (κ3) is 3.93. The van der Waals surface area contributed by atoms with Crippen LogP contribution in [0.5, 0.6) is 11.5 Å². The Labute approximate surface area is 190 Å². The quantitative estimate of drug-likeness (QED) is 0.535. The molecule has 3 aromatic rings. The number of carboxylic acids is 1. The van der Waals surface area contributed by atoms with Crippen LogP contribution in [0.2, 0.25) is 0 Å². The molecule has 1 aromatic heterocycles. The molecule has 2 aromatic carbocycles. The van der Waals surface area contributed by atoms with Crippen LogP contribution in [-0.2, 0) is 17.8 Å². The van der Waals surface area contributed by atoms with E-state index in [0.29, 0.717) is 16.0 Å². The smallest absolute Gasteiger partial charge is 0.346 e. The zero-order chi connectivity index (χ0) is 23.9. The zero-order valence-electron chi connectivity index (χ0n) is 17.5. The summed E-state index contributed by atoms with van der Waals surface area (Å²) in [6.45, 7) is 1.34. The summed E-state index contributed by atoms with van der Waals surface area (Å²) >= 11 is 0.830. The number of hydrogen-bond acceptors (Lipinski definition) is 6. The van der Waals surface area contributed by atoms with E-state index in [-0.39, 0.29) is 46.2 Å². The van der Waals surface area contributed by atoms with Gasteiger partial charge in [0.1, 0.15) is 34.6 Å². The van der Waals surface area contributed by atoms with Crippen LogP contribution in [-0.4, -0.2) is 30.0 Å². The number of fused-ring (bicyclic) bond motifs is 1. The van der Waals surface area contributed by atoms with Crippen molar-refractivity contribution in [3.8, 4) is 11.5 Å². The maximum absolute atomic E-state index is 14.7. The fourth-order valence-electron chi connectivity index (χ4n) is 3.58. The highest BCUT2D eigenvalue weighted by Gasteiger charge is 2.38. The van der Waals surface area contributed by atoms with Gasteiger partial charge in [-0.3, -0.25) is 9.59 Å². The highest BCUT2D eigenvalue weighted by Crippen LogP contribution is 2.35. The van der Waals surface area contributed by atoms with Crippen LogP contribution in [0.15, 0.2) is 35.7 Å². The second-order valence-electron chi connectivity index (χ2n) is 7.26. The highest BCUT2D eigenvalue weighted by atomic mass is 32.1. The molecule has 0 atom stereocenters. The number of aryl methyl sites for hydroxylation is 1. The van der Waals surface area contributed by atoms with E-state index in [9.17, 15) is 28.3 Å². The van der Waals surface area contributed by atoms with Crippen molar-refractivity contribution in [2.24, 2.45) is 0 Å². The molecule has 0 radical (unpaired) electrons. The van der Waals surface area contributed by atoms with Crippen molar-refractivity contribution in [2.75, 3.05) is 12.0 Å². The Kier molecular flexibility index (Phi) is 5.86. The van der Waals surface area contributed by atoms with Gasteiger partial charge >= 0.3 is 5.97 Å². The Morgan fingerprint density at radius 2 is 1.97 bits per heavy atom. The van der Waals surface area contributed by atoms with Crippen LogP contribution in [0.25, 0.3) is 0 Å². The third-order valence-electron chi connectivity index (χ3n) is 5.22. The normalized spacial score (nSPS) is 13.2. The maximum Gasteiger partial charge on any atom is 0.346 e. The first-order chi connectivity index (χ1) is 15.7. The summed E-state index contributed by atoms with van der Waals surface area (Å²) in [4.78, 5) is 37.5. The Morgan fingerprint density at radius 1 is 1.21 bits per heavy atom. The Morgan fingerprint density at radius 3 is 2.67 bits per heavy atom. The fraction of sp³-hybridized carbons (Fsp3) is 0.174. The van der Waals surface area contributed by atoms with E-state index in [1.165, 1.54) is 18.6 Å². The molecule has 2 amide bonds. The molecule has 0 unspecified atom stereocenters. The van der Waals surface area contributed by atoms with Crippen molar-refractivity contribution in [3.63, 3.8) is 0 Å². The number of benzene rings is 2. The van der Waals surface area contributed by atoms with Crippen molar-refractivity contribution >= 4 is 34.8 Å². The number of imide groups is 1. The van der Waals surface area contributed by atoms with Gasteiger partial charge < -0.3 is 14.6 Å². The molecule has 0 saturated heterocycles. The van der Waals surface area contributed by atoms with Crippen LogP contribution in [0.1, 0.15) is 36.7 Å². The molecule has 1 aliphatic rings. The summed E-state index contributed by atoms with van der Waals surface area (Å²) in [6.07, 6.45) is -0.249. The van der Waals surface area contributed by atoms with E-state index in [2.05, 4.69) is 0 Å². The fourth-order valence-corrected chi connectivity index (χ4v) is 4.48. The van der Waals surface area contributed by atoms with Gasteiger partial charge in [-0.15, -0.1) is 11.3 Å². The minimum atomic E-state index is -1.31. The lowest BCUT2D eigenvalue weighted by molar-refractivity contribution is -0.117. The van der Waals surface area contributed by atoms with Crippen LogP contribution < -0.4 is 14.4 Å². The number of methoxy groups -OCH3 is 1. The number of amides is 2. The first-order valence-corrected chi connectivity index (χ1v) is 10.6.